The quantitative estimate of drug-likeness (QED) is 0.582. The average molecular weight is 324 g/mol. The summed E-state index contributed by atoms with van der Waals surface area (Å²) in [5.41, 5.74) is 0. The van der Waals surface area contributed by atoms with Gasteiger partial charge in [-0.1, -0.05) is 0 Å². The number of rotatable bonds is 6. The summed E-state index contributed by atoms with van der Waals surface area (Å²) in [6, 6.07) is 0. The Labute approximate surface area is 113 Å². The number of nitrogens with two attached hydrogens (primary N) is 1. The third-order valence-corrected chi connectivity index (χ3v) is 6.20. The van der Waals surface area contributed by atoms with Gasteiger partial charge >= 0.3 is 0 Å². The zero-order valence-electron chi connectivity index (χ0n) is 9.26. The van der Waals surface area contributed by atoms with Crippen LogP contribution in [0.4, 0.5) is 0 Å². The molecule has 2 N–H and O–H groups in total. The van der Waals surface area contributed by atoms with Crippen LogP contribution < -0.4 is 5.14 Å². The first kappa shape index (κ1) is 15.9. The SMILES string of the molecule is NS(=O)(=O)N1CCCOP1N(CCCl)CCCl. The molecule has 0 aromatic heterocycles. The molecule has 1 aliphatic rings. The van der Waals surface area contributed by atoms with Crippen molar-refractivity contribution in [2.45, 2.75) is 6.42 Å². The third kappa shape index (κ3) is 4.76. The molecule has 102 valence electrons. The predicted octanol–water partition coefficient (Wildman–Crippen LogP) is 0.919. The van der Waals surface area contributed by atoms with Crippen LogP contribution >= 0.6 is 31.7 Å². The van der Waals surface area contributed by atoms with Crippen LogP contribution in [-0.4, -0.2) is 55.2 Å². The highest BCUT2D eigenvalue weighted by Gasteiger charge is 2.35. The molecule has 0 aromatic carbocycles. The van der Waals surface area contributed by atoms with Crippen LogP contribution in [0, 0.1) is 0 Å². The Morgan fingerprint density at radius 1 is 1.35 bits per heavy atom. The molecule has 10 heteroatoms. The standard InChI is InChI=1S/C7H16Cl2N3O3PS/c8-2-5-11(6-3-9)16-12(17(10,13)14)4-1-7-15-16/h1-7H2,(H2,10,13,14). The Balaban J connectivity index is 2.81. The Morgan fingerprint density at radius 2 is 1.94 bits per heavy atom. The molecule has 1 fully saturated rings. The van der Waals surface area contributed by atoms with Crippen LogP contribution in [0.1, 0.15) is 6.42 Å². The van der Waals surface area contributed by atoms with Gasteiger partial charge in [-0.05, 0) is 6.42 Å². The molecule has 1 aliphatic heterocycles. The van der Waals surface area contributed by atoms with E-state index in [1.807, 2.05) is 4.67 Å². The molecular formula is C7H16Cl2N3O3PS. The maximum Gasteiger partial charge on any atom is 0.283 e. The van der Waals surface area contributed by atoms with Gasteiger partial charge in [0.05, 0.1) is 6.61 Å². The molecule has 0 aliphatic carbocycles. The number of hydrogen-bond acceptors (Lipinski definition) is 4. The van der Waals surface area contributed by atoms with Gasteiger partial charge in [-0.3, -0.25) is 0 Å². The zero-order valence-corrected chi connectivity index (χ0v) is 12.5. The molecule has 0 saturated carbocycles. The first-order chi connectivity index (χ1) is 8.00. The van der Waals surface area contributed by atoms with E-state index in [0.29, 0.717) is 44.4 Å². The lowest BCUT2D eigenvalue weighted by molar-refractivity contribution is 0.246. The van der Waals surface area contributed by atoms with E-state index in [1.165, 1.54) is 4.08 Å². The molecule has 1 heterocycles. The van der Waals surface area contributed by atoms with Crippen LogP contribution in [-0.2, 0) is 14.7 Å². The van der Waals surface area contributed by atoms with Crippen molar-refractivity contribution >= 4 is 41.9 Å². The lowest BCUT2D eigenvalue weighted by Crippen LogP contribution is -2.42. The first-order valence-corrected chi connectivity index (χ1v) is 8.84. The molecule has 1 atom stereocenters. The second-order valence-corrected chi connectivity index (χ2v) is 7.67. The van der Waals surface area contributed by atoms with E-state index in [2.05, 4.69) is 0 Å². The topological polar surface area (TPSA) is 75.9 Å². The van der Waals surface area contributed by atoms with Crippen molar-refractivity contribution in [2.24, 2.45) is 5.14 Å². The molecule has 6 nitrogen and oxygen atoms in total. The van der Waals surface area contributed by atoms with Crippen molar-refractivity contribution in [1.82, 2.24) is 8.75 Å². The summed E-state index contributed by atoms with van der Waals surface area (Å²) in [7, 11) is -5.16. The van der Waals surface area contributed by atoms with Gasteiger partial charge in [-0.25, -0.2) is 9.81 Å². The summed E-state index contributed by atoms with van der Waals surface area (Å²) >= 11 is 11.4. The van der Waals surface area contributed by atoms with Gasteiger partial charge < -0.3 is 4.52 Å². The van der Waals surface area contributed by atoms with Crippen molar-refractivity contribution in [3.05, 3.63) is 0 Å². The summed E-state index contributed by atoms with van der Waals surface area (Å²) in [6.45, 7) is 1.95. The minimum atomic E-state index is -3.75. The fourth-order valence-corrected chi connectivity index (χ4v) is 5.40. The van der Waals surface area contributed by atoms with Gasteiger partial charge in [-0.2, -0.15) is 8.42 Å². The number of halogens is 2. The van der Waals surface area contributed by atoms with Crippen molar-refractivity contribution in [1.29, 1.82) is 0 Å². The van der Waals surface area contributed by atoms with Crippen LogP contribution in [0.2, 0.25) is 0 Å². The Bertz CT molecular complexity index is 326. The fraction of sp³-hybridized carbons (Fsp3) is 1.00. The van der Waals surface area contributed by atoms with Crippen LogP contribution in [0.5, 0.6) is 0 Å². The normalized spacial score (nSPS) is 23.2. The summed E-state index contributed by atoms with van der Waals surface area (Å²) in [5, 5.41) is 5.17. The second kappa shape index (κ2) is 7.40. The highest BCUT2D eigenvalue weighted by atomic mass is 35.5. The highest BCUT2D eigenvalue weighted by Crippen LogP contribution is 2.48. The van der Waals surface area contributed by atoms with E-state index >= 15 is 0 Å². The van der Waals surface area contributed by atoms with Crippen molar-refractivity contribution in [2.75, 3.05) is 38.0 Å². The van der Waals surface area contributed by atoms with Crippen LogP contribution in [0.15, 0.2) is 0 Å². The van der Waals surface area contributed by atoms with Gasteiger partial charge in [0, 0.05) is 31.4 Å². The zero-order chi connectivity index (χ0) is 12.9. The van der Waals surface area contributed by atoms with E-state index in [1.54, 1.807) is 0 Å². The van der Waals surface area contributed by atoms with Gasteiger partial charge in [0.15, 0.2) is 0 Å². The van der Waals surface area contributed by atoms with E-state index in [4.69, 9.17) is 32.9 Å². The monoisotopic (exact) mass is 323 g/mol. The molecule has 0 bridgehead atoms. The molecule has 1 saturated heterocycles. The molecule has 1 unspecified atom stereocenters. The van der Waals surface area contributed by atoms with Crippen molar-refractivity contribution in [3.63, 3.8) is 0 Å². The molecule has 0 amide bonds. The highest BCUT2D eigenvalue weighted by molar-refractivity contribution is 7.91. The number of hydrogen-bond donors (Lipinski definition) is 1. The summed E-state index contributed by atoms with van der Waals surface area (Å²) < 4.78 is 31.5. The average Bonchev–Trinajstić information content (AvgIpc) is 2.28. The van der Waals surface area contributed by atoms with Crippen LogP contribution in [0.3, 0.4) is 0 Å². The molecule has 0 spiro atoms. The van der Waals surface area contributed by atoms with E-state index in [0.717, 1.165) is 0 Å². The van der Waals surface area contributed by atoms with Gasteiger partial charge in [0.2, 0.25) is 8.45 Å². The number of nitrogens with zero attached hydrogens (tertiary/aromatic N) is 2. The maximum absolute atomic E-state index is 11.5. The van der Waals surface area contributed by atoms with Gasteiger partial charge in [0.1, 0.15) is 0 Å². The molecule has 1 rings (SSSR count). The molecular weight excluding hydrogens is 308 g/mol. The Morgan fingerprint density at radius 3 is 2.41 bits per heavy atom. The van der Waals surface area contributed by atoms with Gasteiger partial charge in [0.25, 0.3) is 10.2 Å². The molecule has 17 heavy (non-hydrogen) atoms. The summed E-state index contributed by atoms with van der Waals surface area (Å²) in [4.78, 5) is 0. The Kier molecular flexibility index (Phi) is 6.91. The van der Waals surface area contributed by atoms with Gasteiger partial charge in [-0.15, -0.1) is 27.3 Å². The third-order valence-electron chi connectivity index (χ3n) is 2.11. The van der Waals surface area contributed by atoms with Crippen LogP contribution in [0.25, 0.3) is 0 Å². The number of alkyl halides is 2. The predicted molar refractivity (Wildman–Crippen MR) is 70.3 cm³/mol. The van der Waals surface area contributed by atoms with E-state index in [-0.39, 0.29) is 0 Å². The summed E-state index contributed by atoms with van der Waals surface area (Å²) in [5.74, 6) is 0.773. The smallest absolute Gasteiger partial charge is 0.283 e. The lowest BCUT2D eigenvalue weighted by Gasteiger charge is -2.38. The Hall–Kier alpha value is 0.800. The first-order valence-electron chi connectivity index (χ1n) is 5.11. The molecule has 0 aromatic rings. The maximum atomic E-state index is 11.5. The van der Waals surface area contributed by atoms with Crippen molar-refractivity contribution < 1.29 is 12.9 Å². The summed E-state index contributed by atoms with van der Waals surface area (Å²) in [6.07, 6.45) is 0.644. The van der Waals surface area contributed by atoms with Crippen molar-refractivity contribution in [3.8, 4) is 0 Å². The molecule has 0 radical (unpaired) electrons. The fourth-order valence-electron chi connectivity index (χ4n) is 1.42. The lowest BCUT2D eigenvalue weighted by atomic mass is 10.5. The minimum Gasteiger partial charge on any atom is -0.331 e. The minimum absolute atomic E-state index is 0.381. The largest absolute Gasteiger partial charge is 0.331 e. The second-order valence-electron chi connectivity index (χ2n) is 3.36. The van der Waals surface area contributed by atoms with E-state index in [9.17, 15) is 8.42 Å². The van der Waals surface area contributed by atoms with E-state index < -0.39 is 18.7 Å².